The summed E-state index contributed by atoms with van der Waals surface area (Å²) in [6, 6.07) is 16.7. The number of nitrogens with zero attached hydrogens (tertiary/aromatic N) is 2. The van der Waals surface area contributed by atoms with Crippen LogP contribution in [-0.2, 0) is 13.0 Å². The number of benzene rings is 2. The van der Waals surface area contributed by atoms with Crippen LogP contribution in [0.2, 0.25) is 0 Å². The van der Waals surface area contributed by atoms with Crippen molar-refractivity contribution < 1.29 is 30.4 Å². The van der Waals surface area contributed by atoms with Crippen molar-refractivity contribution in [2.24, 2.45) is 0 Å². The molecular formula is C21H18BrFN2O. The van der Waals surface area contributed by atoms with E-state index in [4.69, 9.17) is 4.42 Å². The standard InChI is InChI=1S/C21H18FN2O.BrH/c1-2-15-9-10-20-19(12-15)23-21(25-20)17-7-5-11-24(14-17)13-16-6-3-4-8-18(16)22;/h3-12,14H,2,13H2,1H3;1H/q+1;/p-1. The summed E-state index contributed by atoms with van der Waals surface area (Å²) in [5.74, 6) is 0.375. The Morgan fingerprint density at radius 2 is 1.92 bits per heavy atom. The van der Waals surface area contributed by atoms with Crippen LogP contribution in [-0.4, -0.2) is 4.98 Å². The van der Waals surface area contributed by atoms with E-state index >= 15 is 0 Å². The molecule has 26 heavy (non-hydrogen) atoms. The van der Waals surface area contributed by atoms with E-state index in [1.54, 1.807) is 12.1 Å². The molecule has 0 saturated carbocycles. The minimum atomic E-state index is -0.200. The van der Waals surface area contributed by atoms with E-state index < -0.39 is 0 Å². The van der Waals surface area contributed by atoms with E-state index in [9.17, 15) is 4.39 Å². The van der Waals surface area contributed by atoms with E-state index in [1.807, 2.05) is 41.2 Å². The van der Waals surface area contributed by atoms with Gasteiger partial charge in [0.25, 0.3) is 0 Å². The molecule has 132 valence electrons. The quantitative estimate of drug-likeness (QED) is 0.476. The van der Waals surface area contributed by atoms with Crippen LogP contribution in [0.5, 0.6) is 0 Å². The first kappa shape index (κ1) is 18.3. The van der Waals surface area contributed by atoms with Gasteiger partial charge < -0.3 is 21.4 Å². The molecule has 0 aliphatic carbocycles. The van der Waals surface area contributed by atoms with E-state index in [0.29, 0.717) is 18.0 Å². The lowest BCUT2D eigenvalue weighted by Gasteiger charge is -2.00. The van der Waals surface area contributed by atoms with Crippen molar-refractivity contribution >= 4 is 11.1 Å². The highest BCUT2D eigenvalue weighted by molar-refractivity contribution is 5.76. The van der Waals surface area contributed by atoms with Gasteiger partial charge in [-0.3, -0.25) is 0 Å². The van der Waals surface area contributed by atoms with Gasteiger partial charge in [0.2, 0.25) is 5.89 Å². The fourth-order valence-electron chi connectivity index (χ4n) is 2.89. The van der Waals surface area contributed by atoms with Gasteiger partial charge in [-0.15, -0.1) is 0 Å². The number of aromatic nitrogens is 2. The first-order valence-corrected chi connectivity index (χ1v) is 8.35. The van der Waals surface area contributed by atoms with Crippen LogP contribution in [0.4, 0.5) is 4.39 Å². The Labute approximate surface area is 161 Å². The highest BCUT2D eigenvalue weighted by Gasteiger charge is 2.13. The number of rotatable bonds is 4. The summed E-state index contributed by atoms with van der Waals surface area (Å²) in [4.78, 5) is 4.60. The van der Waals surface area contributed by atoms with Crippen LogP contribution in [0, 0.1) is 5.82 Å². The second kappa shape index (κ2) is 7.79. The fraction of sp³-hybridized carbons (Fsp3) is 0.143. The number of hydrogen-bond acceptors (Lipinski definition) is 2. The highest BCUT2D eigenvalue weighted by atomic mass is 79.9. The Balaban J connectivity index is 0.00000196. The predicted molar refractivity (Wildman–Crippen MR) is 94.5 cm³/mol. The number of halogens is 2. The minimum absolute atomic E-state index is 0. The maximum absolute atomic E-state index is 13.9. The number of pyridine rings is 1. The SMILES string of the molecule is CCc1ccc2oc(-c3ccc[n+](Cc4ccccc4F)c3)nc2c1.[Br-]. The normalized spacial score (nSPS) is 10.7. The van der Waals surface area contributed by atoms with Crippen molar-refractivity contribution in [3.05, 3.63) is 83.9 Å². The molecule has 0 spiro atoms. The number of aryl methyl sites for hydroxylation is 1. The van der Waals surface area contributed by atoms with Gasteiger partial charge in [-0.25, -0.2) is 9.37 Å². The predicted octanol–water partition coefficient (Wildman–Crippen LogP) is 1.54. The summed E-state index contributed by atoms with van der Waals surface area (Å²) in [6.07, 6.45) is 4.80. The molecule has 0 aliphatic rings. The number of oxazole rings is 1. The molecule has 0 bridgehead atoms. The summed E-state index contributed by atoms with van der Waals surface area (Å²) < 4.78 is 21.7. The first-order chi connectivity index (χ1) is 12.2. The Kier molecular flexibility index (Phi) is 5.47. The van der Waals surface area contributed by atoms with Gasteiger partial charge >= 0.3 is 0 Å². The van der Waals surface area contributed by atoms with E-state index in [0.717, 1.165) is 23.1 Å². The maximum Gasteiger partial charge on any atom is 0.233 e. The summed E-state index contributed by atoms with van der Waals surface area (Å²) in [7, 11) is 0. The molecule has 2 aromatic carbocycles. The molecule has 0 radical (unpaired) electrons. The molecular weight excluding hydrogens is 395 g/mol. The summed E-state index contributed by atoms with van der Waals surface area (Å²) >= 11 is 0. The van der Waals surface area contributed by atoms with Gasteiger partial charge in [0.15, 0.2) is 24.5 Å². The highest BCUT2D eigenvalue weighted by Crippen LogP contribution is 2.24. The van der Waals surface area contributed by atoms with Crippen LogP contribution in [0.25, 0.3) is 22.6 Å². The van der Waals surface area contributed by atoms with Crippen molar-refractivity contribution in [3.8, 4) is 11.5 Å². The van der Waals surface area contributed by atoms with Crippen LogP contribution in [0.3, 0.4) is 0 Å². The van der Waals surface area contributed by atoms with Crippen LogP contribution < -0.4 is 21.5 Å². The zero-order valence-corrected chi connectivity index (χ0v) is 15.9. The summed E-state index contributed by atoms with van der Waals surface area (Å²) in [5, 5.41) is 0. The Morgan fingerprint density at radius 1 is 1.08 bits per heavy atom. The number of fused-ring (bicyclic) bond motifs is 1. The van der Waals surface area contributed by atoms with E-state index in [1.165, 1.54) is 11.6 Å². The average Bonchev–Trinajstić information content (AvgIpc) is 3.07. The third-order valence-electron chi connectivity index (χ3n) is 4.28. The summed E-state index contributed by atoms with van der Waals surface area (Å²) in [5.41, 5.74) is 4.38. The van der Waals surface area contributed by atoms with Crippen LogP contribution >= 0.6 is 0 Å². The van der Waals surface area contributed by atoms with Gasteiger partial charge in [-0.05, 0) is 42.3 Å². The van der Waals surface area contributed by atoms with Gasteiger partial charge in [0.05, 0.1) is 5.56 Å². The maximum atomic E-state index is 13.9. The average molecular weight is 413 g/mol. The second-order valence-electron chi connectivity index (χ2n) is 6.03. The van der Waals surface area contributed by atoms with Gasteiger partial charge in [-0.1, -0.05) is 25.1 Å². The second-order valence-corrected chi connectivity index (χ2v) is 6.03. The third-order valence-corrected chi connectivity index (χ3v) is 4.28. The van der Waals surface area contributed by atoms with Gasteiger partial charge in [0.1, 0.15) is 16.9 Å². The first-order valence-electron chi connectivity index (χ1n) is 8.35. The molecule has 5 heteroatoms. The van der Waals surface area contributed by atoms with Crippen molar-refractivity contribution in [2.75, 3.05) is 0 Å². The Bertz CT molecular complexity index is 1050. The molecule has 0 N–H and O–H groups in total. The molecule has 0 aliphatic heterocycles. The zero-order chi connectivity index (χ0) is 17.2. The van der Waals surface area contributed by atoms with Crippen molar-refractivity contribution in [1.29, 1.82) is 0 Å². The molecule has 0 saturated heterocycles. The summed E-state index contributed by atoms with van der Waals surface area (Å²) in [6.45, 7) is 2.58. The Hall–Kier alpha value is -2.53. The third kappa shape index (κ3) is 3.68. The fourth-order valence-corrected chi connectivity index (χ4v) is 2.89. The molecule has 2 aromatic heterocycles. The van der Waals surface area contributed by atoms with E-state index in [2.05, 4.69) is 24.0 Å². The minimum Gasteiger partial charge on any atom is -1.00 e. The van der Waals surface area contributed by atoms with Gasteiger partial charge in [-0.2, -0.15) is 4.57 Å². The lowest BCUT2D eigenvalue weighted by molar-refractivity contribution is -0.688. The molecule has 3 nitrogen and oxygen atoms in total. The Morgan fingerprint density at radius 3 is 2.73 bits per heavy atom. The van der Waals surface area contributed by atoms with Crippen LogP contribution in [0.15, 0.2) is 71.4 Å². The lowest BCUT2D eigenvalue weighted by Crippen LogP contribution is -3.00. The smallest absolute Gasteiger partial charge is 0.233 e. The molecule has 0 atom stereocenters. The van der Waals surface area contributed by atoms with Crippen LogP contribution in [0.1, 0.15) is 18.1 Å². The topological polar surface area (TPSA) is 29.9 Å². The number of hydrogen-bond donors (Lipinski definition) is 0. The zero-order valence-electron chi connectivity index (χ0n) is 14.3. The van der Waals surface area contributed by atoms with E-state index in [-0.39, 0.29) is 22.8 Å². The van der Waals surface area contributed by atoms with Crippen molar-refractivity contribution in [3.63, 3.8) is 0 Å². The lowest BCUT2D eigenvalue weighted by atomic mass is 10.1. The molecule has 2 heterocycles. The van der Waals surface area contributed by atoms with Gasteiger partial charge in [0, 0.05) is 6.07 Å². The largest absolute Gasteiger partial charge is 1.00 e. The molecule has 4 aromatic rings. The monoisotopic (exact) mass is 412 g/mol. The van der Waals surface area contributed by atoms with Crippen molar-refractivity contribution in [2.45, 2.75) is 19.9 Å². The molecule has 0 unspecified atom stereocenters. The van der Waals surface area contributed by atoms with Crippen molar-refractivity contribution in [1.82, 2.24) is 4.98 Å². The molecule has 0 fully saturated rings. The molecule has 0 amide bonds. The molecule has 4 rings (SSSR count).